The van der Waals surface area contributed by atoms with Gasteiger partial charge in [-0.1, -0.05) is 60.7 Å². The maximum atomic E-state index is 5.68. The highest BCUT2D eigenvalue weighted by Crippen LogP contribution is 2.42. The molecule has 3 rings (SSSR count). The van der Waals surface area contributed by atoms with Crippen molar-refractivity contribution in [3.05, 3.63) is 89.5 Å². The molecule has 0 aliphatic carbocycles. The van der Waals surface area contributed by atoms with Gasteiger partial charge in [-0.2, -0.15) is 0 Å². The van der Waals surface area contributed by atoms with Crippen molar-refractivity contribution < 1.29 is 14.2 Å². The van der Waals surface area contributed by atoms with E-state index in [-0.39, 0.29) is 5.92 Å². The van der Waals surface area contributed by atoms with Gasteiger partial charge in [0.1, 0.15) is 5.75 Å². The zero-order chi connectivity index (χ0) is 17.6. The molecule has 3 aromatic carbocycles. The highest BCUT2D eigenvalue weighted by molar-refractivity contribution is 5.56. The smallest absolute Gasteiger partial charge is 0.164 e. The van der Waals surface area contributed by atoms with Crippen molar-refractivity contribution in [1.29, 1.82) is 0 Å². The average molecular weight is 334 g/mol. The summed E-state index contributed by atoms with van der Waals surface area (Å²) in [5, 5.41) is 0. The first-order chi connectivity index (χ1) is 12.3. The Bertz CT molecular complexity index is 774. The van der Waals surface area contributed by atoms with Gasteiger partial charge < -0.3 is 14.2 Å². The highest BCUT2D eigenvalue weighted by atomic mass is 16.5. The first-order valence-corrected chi connectivity index (χ1v) is 8.18. The molecule has 0 aliphatic heterocycles. The summed E-state index contributed by atoms with van der Waals surface area (Å²) >= 11 is 0. The van der Waals surface area contributed by atoms with Gasteiger partial charge in [0, 0.05) is 17.5 Å². The summed E-state index contributed by atoms with van der Waals surface area (Å²) in [5.74, 6) is 2.16. The van der Waals surface area contributed by atoms with E-state index in [0.717, 1.165) is 11.3 Å². The van der Waals surface area contributed by atoms with E-state index in [1.54, 1.807) is 21.3 Å². The van der Waals surface area contributed by atoms with Crippen LogP contribution in [0.25, 0.3) is 0 Å². The summed E-state index contributed by atoms with van der Waals surface area (Å²) in [6, 6.07) is 24.7. The molecule has 128 valence electrons. The van der Waals surface area contributed by atoms with Gasteiger partial charge in [0.25, 0.3) is 0 Å². The fraction of sp³-hybridized carbons (Fsp3) is 0.182. The second kappa shape index (κ2) is 7.75. The normalized spacial score (nSPS) is 10.6. The van der Waals surface area contributed by atoms with E-state index in [0.29, 0.717) is 11.5 Å². The number of methoxy groups -OCH3 is 3. The molecule has 0 radical (unpaired) electrons. The molecular weight excluding hydrogens is 312 g/mol. The van der Waals surface area contributed by atoms with Crippen LogP contribution in [0.4, 0.5) is 0 Å². The highest BCUT2D eigenvalue weighted by Gasteiger charge is 2.23. The van der Waals surface area contributed by atoms with Crippen LogP contribution in [0.1, 0.15) is 22.6 Å². The van der Waals surface area contributed by atoms with Crippen molar-refractivity contribution in [3.8, 4) is 17.2 Å². The molecule has 0 aliphatic rings. The molecule has 0 amide bonds. The van der Waals surface area contributed by atoms with Crippen molar-refractivity contribution >= 4 is 0 Å². The van der Waals surface area contributed by atoms with E-state index in [1.165, 1.54) is 11.1 Å². The van der Waals surface area contributed by atoms with Gasteiger partial charge in [-0.15, -0.1) is 0 Å². The lowest BCUT2D eigenvalue weighted by Crippen LogP contribution is -2.06. The SMILES string of the molecule is COc1cc(OC)c(C(c2ccccc2)c2ccccc2)cc1OC. The Labute approximate surface area is 148 Å². The molecular formula is C22H22O3. The molecule has 0 unspecified atom stereocenters. The van der Waals surface area contributed by atoms with Gasteiger partial charge in [0.05, 0.1) is 21.3 Å². The minimum Gasteiger partial charge on any atom is -0.496 e. The van der Waals surface area contributed by atoms with E-state index in [1.807, 2.05) is 24.3 Å². The fourth-order valence-corrected chi connectivity index (χ4v) is 3.12. The van der Waals surface area contributed by atoms with Crippen molar-refractivity contribution in [3.63, 3.8) is 0 Å². The van der Waals surface area contributed by atoms with E-state index < -0.39 is 0 Å². The monoisotopic (exact) mass is 334 g/mol. The minimum absolute atomic E-state index is 0.0390. The molecule has 0 saturated carbocycles. The number of ether oxygens (including phenoxy) is 3. The zero-order valence-electron chi connectivity index (χ0n) is 14.7. The van der Waals surface area contributed by atoms with Crippen LogP contribution in [-0.4, -0.2) is 21.3 Å². The topological polar surface area (TPSA) is 27.7 Å². The van der Waals surface area contributed by atoms with Gasteiger partial charge in [-0.3, -0.25) is 0 Å². The van der Waals surface area contributed by atoms with Crippen LogP contribution in [0, 0.1) is 0 Å². The lowest BCUT2D eigenvalue weighted by atomic mass is 9.84. The molecule has 3 nitrogen and oxygen atoms in total. The van der Waals surface area contributed by atoms with Crippen LogP contribution >= 0.6 is 0 Å². The second-order valence-electron chi connectivity index (χ2n) is 5.70. The van der Waals surface area contributed by atoms with Gasteiger partial charge in [-0.05, 0) is 17.2 Å². The molecule has 0 N–H and O–H groups in total. The maximum Gasteiger partial charge on any atom is 0.164 e. The van der Waals surface area contributed by atoms with Crippen molar-refractivity contribution in [2.45, 2.75) is 5.92 Å². The Kier molecular flexibility index (Phi) is 5.24. The summed E-state index contributed by atoms with van der Waals surface area (Å²) in [6.45, 7) is 0. The first-order valence-electron chi connectivity index (χ1n) is 8.18. The number of benzene rings is 3. The molecule has 0 atom stereocenters. The molecule has 0 heterocycles. The van der Waals surface area contributed by atoms with E-state index in [4.69, 9.17) is 14.2 Å². The van der Waals surface area contributed by atoms with Gasteiger partial charge in [0.15, 0.2) is 11.5 Å². The van der Waals surface area contributed by atoms with Crippen LogP contribution in [0.5, 0.6) is 17.2 Å². The van der Waals surface area contributed by atoms with Gasteiger partial charge >= 0.3 is 0 Å². The van der Waals surface area contributed by atoms with Crippen LogP contribution in [-0.2, 0) is 0 Å². The summed E-state index contributed by atoms with van der Waals surface area (Å²) in [5.41, 5.74) is 3.43. The predicted octanol–water partition coefficient (Wildman–Crippen LogP) is 4.89. The molecule has 25 heavy (non-hydrogen) atoms. The Morgan fingerprint density at radius 3 is 1.44 bits per heavy atom. The molecule has 0 bridgehead atoms. The van der Waals surface area contributed by atoms with Gasteiger partial charge in [0.2, 0.25) is 0 Å². The first kappa shape index (κ1) is 16.9. The predicted molar refractivity (Wildman–Crippen MR) is 99.9 cm³/mol. The Morgan fingerprint density at radius 2 is 1.00 bits per heavy atom. The minimum atomic E-state index is 0.0390. The molecule has 3 heteroatoms. The molecule has 3 aromatic rings. The summed E-state index contributed by atoms with van der Waals surface area (Å²) in [4.78, 5) is 0. The number of hydrogen-bond acceptors (Lipinski definition) is 3. The van der Waals surface area contributed by atoms with Crippen molar-refractivity contribution in [2.75, 3.05) is 21.3 Å². The Hall–Kier alpha value is -2.94. The number of hydrogen-bond donors (Lipinski definition) is 0. The summed E-state index contributed by atoms with van der Waals surface area (Å²) < 4.78 is 16.6. The molecule has 0 fully saturated rings. The van der Waals surface area contributed by atoms with E-state index in [2.05, 4.69) is 48.5 Å². The van der Waals surface area contributed by atoms with Crippen molar-refractivity contribution in [1.82, 2.24) is 0 Å². The third-order valence-corrected chi connectivity index (χ3v) is 4.31. The standard InChI is InChI=1S/C22H22O3/c1-23-19-15-21(25-3)20(24-2)14-18(19)22(16-10-6-4-7-11-16)17-12-8-5-9-13-17/h4-15,22H,1-3H3. The largest absolute Gasteiger partial charge is 0.496 e. The van der Waals surface area contributed by atoms with Crippen molar-refractivity contribution in [2.24, 2.45) is 0 Å². The van der Waals surface area contributed by atoms with E-state index in [9.17, 15) is 0 Å². The van der Waals surface area contributed by atoms with E-state index >= 15 is 0 Å². The zero-order valence-corrected chi connectivity index (χ0v) is 14.7. The Morgan fingerprint density at radius 1 is 0.560 bits per heavy atom. The molecule has 0 aromatic heterocycles. The second-order valence-corrected chi connectivity index (χ2v) is 5.70. The summed E-state index contributed by atoms with van der Waals surface area (Å²) in [6.07, 6.45) is 0. The lowest BCUT2D eigenvalue weighted by Gasteiger charge is -2.23. The lowest BCUT2D eigenvalue weighted by molar-refractivity contribution is 0.347. The molecule has 0 spiro atoms. The third-order valence-electron chi connectivity index (χ3n) is 4.31. The van der Waals surface area contributed by atoms with Crippen LogP contribution in [0.15, 0.2) is 72.8 Å². The fourth-order valence-electron chi connectivity index (χ4n) is 3.12. The maximum absolute atomic E-state index is 5.68. The average Bonchev–Trinajstić information content (AvgIpc) is 2.69. The summed E-state index contributed by atoms with van der Waals surface area (Å²) in [7, 11) is 4.95. The van der Waals surface area contributed by atoms with Gasteiger partial charge in [-0.25, -0.2) is 0 Å². The molecule has 0 saturated heterocycles. The quantitative estimate of drug-likeness (QED) is 0.601. The van der Waals surface area contributed by atoms with Crippen LogP contribution < -0.4 is 14.2 Å². The number of rotatable bonds is 6. The van der Waals surface area contributed by atoms with Crippen LogP contribution in [0.2, 0.25) is 0 Å². The van der Waals surface area contributed by atoms with Crippen LogP contribution in [0.3, 0.4) is 0 Å². The third kappa shape index (κ3) is 3.45. The Balaban J connectivity index is 2.23.